The lowest BCUT2D eigenvalue weighted by Gasteiger charge is -2.32. The molecule has 2 saturated heterocycles. The first-order valence-electron chi connectivity index (χ1n) is 12.2. The highest BCUT2D eigenvalue weighted by atomic mass is 32.1. The topological polar surface area (TPSA) is 59.4 Å². The molecule has 0 radical (unpaired) electrons. The van der Waals surface area contributed by atoms with E-state index in [1.165, 1.54) is 42.0 Å². The number of likely N-dealkylation sites (tertiary alicyclic amines) is 1. The molecule has 1 unspecified atom stereocenters. The van der Waals surface area contributed by atoms with Crippen molar-refractivity contribution in [3.05, 3.63) is 64.8 Å². The molecule has 3 aromatic rings. The average molecular weight is 489 g/mol. The van der Waals surface area contributed by atoms with E-state index in [9.17, 15) is 9.18 Å². The van der Waals surface area contributed by atoms with Crippen molar-refractivity contribution in [3.63, 3.8) is 0 Å². The smallest absolute Gasteiger partial charge is 0.264 e. The van der Waals surface area contributed by atoms with E-state index in [-0.39, 0.29) is 11.5 Å². The number of piperidine rings is 1. The predicted octanol–water partition coefficient (Wildman–Crippen LogP) is 5.52. The van der Waals surface area contributed by atoms with Crippen LogP contribution in [0.1, 0.15) is 40.9 Å². The summed E-state index contributed by atoms with van der Waals surface area (Å²) in [7, 11) is 1.94. The fourth-order valence-corrected chi connectivity index (χ4v) is 6.20. The third-order valence-electron chi connectivity index (χ3n) is 7.06. The predicted molar refractivity (Wildman–Crippen MR) is 139 cm³/mol. The van der Waals surface area contributed by atoms with E-state index >= 15 is 0 Å². The average Bonchev–Trinajstić information content (AvgIpc) is 3.59. The van der Waals surface area contributed by atoms with Gasteiger partial charge < -0.3 is 15.1 Å². The summed E-state index contributed by atoms with van der Waals surface area (Å²) in [4.78, 5) is 19.4. The molecule has 3 heterocycles. The minimum absolute atomic E-state index is 0.0169. The summed E-state index contributed by atoms with van der Waals surface area (Å²) in [5.74, 6) is -0.530. The number of halogens is 1. The zero-order valence-electron chi connectivity index (χ0n) is 19.9. The number of likely N-dealkylation sites (N-methyl/N-ethyl adjacent to an activating group) is 1. The van der Waals surface area contributed by atoms with Gasteiger partial charge in [-0.3, -0.25) is 4.79 Å². The van der Waals surface area contributed by atoms with Crippen molar-refractivity contribution in [2.24, 2.45) is 0 Å². The van der Waals surface area contributed by atoms with Gasteiger partial charge in [0.2, 0.25) is 0 Å². The molecule has 0 saturated carbocycles. The molecule has 7 heteroatoms. The molecular weight excluding hydrogens is 459 g/mol. The lowest BCUT2D eigenvalue weighted by atomic mass is 10.0. The third-order valence-corrected chi connectivity index (χ3v) is 8.23. The number of rotatable bonds is 5. The van der Waals surface area contributed by atoms with Crippen LogP contribution in [0.2, 0.25) is 0 Å². The van der Waals surface area contributed by atoms with Crippen molar-refractivity contribution in [1.29, 1.82) is 5.26 Å². The number of benzene rings is 2. The lowest BCUT2D eigenvalue weighted by molar-refractivity contribution is 0.0703. The molecule has 2 fully saturated rings. The molecular formula is C28H29FN4OS. The molecule has 180 valence electrons. The van der Waals surface area contributed by atoms with Crippen LogP contribution in [0.5, 0.6) is 0 Å². The van der Waals surface area contributed by atoms with E-state index in [1.807, 2.05) is 24.1 Å². The van der Waals surface area contributed by atoms with Crippen LogP contribution in [0.3, 0.4) is 0 Å². The number of amides is 1. The number of hydrogen-bond acceptors (Lipinski definition) is 5. The van der Waals surface area contributed by atoms with Crippen LogP contribution in [0, 0.1) is 17.1 Å². The highest BCUT2D eigenvalue weighted by molar-refractivity contribution is 7.18. The normalized spacial score (nSPS) is 18.0. The van der Waals surface area contributed by atoms with Gasteiger partial charge in [-0.1, -0.05) is 18.2 Å². The van der Waals surface area contributed by atoms with Gasteiger partial charge in [0.1, 0.15) is 11.9 Å². The highest BCUT2D eigenvalue weighted by Gasteiger charge is 2.26. The van der Waals surface area contributed by atoms with Crippen molar-refractivity contribution in [2.45, 2.75) is 31.7 Å². The minimum Gasteiger partial charge on any atom is -0.372 e. The van der Waals surface area contributed by atoms with Gasteiger partial charge in [-0.2, -0.15) is 5.26 Å². The van der Waals surface area contributed by atoms with Crippen molar-refractivity contribution >= 4 is 22.9 Å². The van der Waals surface area contributed by atoms with Gasteiger partial charge >= 0.3 is 0 Å². The largest absolute Gasteiger partial charge is 0.372 e. The molecule has 0 bridgehead atoms. The van der Waals surface area contributed by atoms with Gasteiger partial charge in [0.05, 0.1) is 10.4 Å². The Bertz CT molecular complexity index is 1260. The Morgan fingerprint density at radius 3 is 2.49 bits per heavy atom. The molecule has 2 aromatic carbocycles. The number of nitrogens with zero attached hydrogens (tertiary/aromatic N) is 3. The van der Waals surface area contributed by atoms with Gasteiger partial charge in [0.15, 0.2) is 0 Å². The standard InChI is InChI=1S/C28H29FN4OS/c1-31-22-5-4-14-33(18-22)28(34)26-16-24(20-6-7-21(17-30)25(29)15-20)27(35-26)19-8-10-23(11-9-19)32-12-2-3-13-32/h6-11,15-16,22,31H,2-5,12-14,18H2,1H3. The second kappa shape index (κ2) is 10.2. The van der Waals surface area contributed by atoms with Crippen LogP contribution in [-0.2, 0) is 0 Å². The summed E-state index contributed by atoms with van der Waals surface area (Å²) in [5, 5.41) is 12.4. The molecule has 5 nitrogen and oxygen atoms in total. The van der Waals surface area contributed by atoms with Crippen molar-refractivity contribution < 1.29 is 9.18 Å². The van der Waals surface area contributed by atoms with E-state index < -0.39 is 5.82 Å². The summed E-state index contributed by atoms with van der Waals surface area (Å²) in [5.41, 5.74) is 3.71. The monoisotopic (exact) mass is 488 g/mol. The van der Waals surface area contributed by atoms with Crippen LogP contribution in [0.15, 0.2) is 48.5 Å². The molecule has 1 amide bonds. The van der Waals surface area contributed by atoms with Crippen LogP contribution < -0.4 is 10.2 Å². The van der Waals surface area contributed by atoms with Gasteiger partial charge in [0.25, 0.3) is 5.91 Å². The van der Waals surface area contributed by atoms with Crippen LogP contribution in [0.25, 0.3) is 21.6 Å². The van der Waals surface area contributed by atoms with E-state index in [2.05, 4.69) is 34.5 Å². The minimum atomic E-state index is -0.549. The molecule has 2 aliphatic heterocycles. The summed E-state index contributed by atoms with van der Waals surface area (Å²) >= 11 is 1.46. The maximum atomic E-state index is 14.5. The zero-order valence-corrected chi connectivity index (χ0v) is 20.7. The number of nitrogens with one attached hydrogen (secondary N) is 1. The summed E-state index contributed by atoms with van der Waals surface area (Å²) in [6.07, 6.45) is 4.48. The zero-order chi connectivity index (χ0) is 24.4. The second-order valence-corrected chi connectivity index (χ2v) is 10.3. The quantitative estimate of drug-likeness (QED) is 0.514. The number of carbonyl (C=O) groups excluding carboxylic acids is 1. The molecule has 0 spiro atoms. The summed E-state index contributed by atoms with van der Waals surface area (Å²) in [6, 6.07) is 17.2. The molecule has 2 aliphatic rings. The SMILES string of the molecule is CNC1CCCN(C(=O)c2cc(-c3ccc(C#N)c(F)c3)c(-c3ccc(N4CCCC4)cc3)s2)C1. The Balaban J connectivity index is 1.53. The molecule has 1 aromatic heterocycles. The molecule has 5 rings (SSSR count). The Morgan fingerprint density at radius 2 is 1.80 bits per heavy atom. The first kappa shape index (κ1) is 23.5. The lowest BCUT2D eigenvalue weighted by Crippen LogP contribution is -2.46. The number of nitriles is 1. The highest BCUT2D eigenvalue weighted by Crippen LogP contribution is 2.41. The molecule has 0 aliphatic carbocycles. The third kappa shape index (κ3) is 4.82. The fourth-order valence-electron chi connectivity index (χ4n) is 5.05. The van der Waals surface area contributed by atoms with Gasteiger partial charge in [-0.25, -0.2) is 4.39 Å². The summed E-state index contributed by atoms with van der Waals surface area (Å²) < 4.78 is 14.5. The van der Waals surface area contributed by atoms with Crippen molar-refractivity contribution in [3.8, 4) is 27.6 Å². The van der Waals surface area contributed by atoms with E-state index in [0.717, 1.165) is 48.5 Å². The van der Waals surface area contributed by atoms with Gasteiger partial charge in [-0.05, 0) is 74.2 Å². The van der Waals surface area contributed by atoms with Crippen LogP contribution in [0.4, 0.5) is 10.1 Å². The van der Waals surface area contributed by atoms with Crippen molar-refractivity contribution in [1.82, 2.24) is 10.2 Å². The Labute approximate surface area is 209 Å². The van der Waals surface area contributed by atoms with Crippen LogP contribution in [-0.4, -0.2) is 50.1 Å². The van der Waals surface area contributed by atoms with E-state index in [0.29, 0.717) is 23.0 Å². The van der Waals surface area contributed by atoms with E-state index in [1.54, 1.807) is 6.07 Å². The Hall–Kier alpha value is -3.21. The summed E-state index contributed by atoms with van der Waals surface area (Å²) in [6.45, 7) is 3.59. The molecule has 35 heavy (non-hydrogen) atoms. The van der Waals surface area contributed by atoms with E-state index in [4.69, 9.17) is 5.26 Å². The Morgan fingerprint density at radius 1 is 1.06 bits per heavy atom. The maximum Gasteiger partial charge on any atom is 0.264 e. The first-order valence-corrected chi connectivity index (χ1v) is 13.0. The van der Waals surface area contributed by atoms with Crippen LogP contribution >= 0.6 is 11.3 Å². The first-order chi connectivity index (χ1) is 17.1. The second-order valence-electron chi connectivity index (χ2n) is 9.28. The number of anilines is 1. The maximum absolute atomic E-state index is 14.5. The fraction of sp³-hybridized carbons (Fsp3) is 0.357. The molecule has 1 atom stereocenters. The molecule has 1 N–H and O–H groups in total. The van der Waals surface area contributed by atoms with Crippen molar-refractivity contribution in [2.75, 3.05) is 38.1 Å². The number of hydrogen-bond donors (Lipinski definition) is 1. The number of thiophene rings is 1. The Kier molecular flexibility index (Phi) is 6.85. The van der Waals surface area contributed by atoms with Gasteiger partial charge in [0, 0.05) is 48.3 Å². The van der Waals surface area contributed by atoms with Gasteiger partial charge in [-0.15, -0.1) is 11.3 Å². The number of carbonyl (C=O) groups is 1.